The number of hydrogen-bond acceptors (Lipinski definition) is 3. The van der Waals surface area contributed by atoms with Crippen LogP contribution in [0.3, 0.4) is 0 Å². The maximum Gasteiger partial charge on any atom is 0.124 e. The fourth-order valence-corrected chi connectivity index (χ4v) is 2.77. The van der Waals surface area contributed by atoms with E-state index in [4.69, 9.17) is 9.47 Å². The molecule has 0 saturated carbocycles. The molecule has 1 aromatic carbocycles. The Hall–Kier alpha value is -1.06. The van der Waals surface area contributed by atoms with Gasteiger partial charge in [-0.25, -0.2) is 0 Å². The Morgan fingerprint density at radius 2 is 1.85 bits per heavy atom. The van der Waals surface area contributed by atoms with Crippen molar-refractivity contribution in [1.82, 2.24) is 5.32 Å². The van der Waals surface area contributed by atoms with Crippen molar-refractivity contribution in [2.45, 2.75) is 52.7 Å². The SMILES string of the molecule is CCNC(c1c(C)cc(C)cc1OC)C(C)(CC)OC. The van der Waals surface area contributed by atoms with E-state index in [1.54, 1.807) is 14.2 Å². The summed E-state index contributed by atoms with van der Waals surface area (Å²) in [6.07, 6.45) is 0.928. The molecule has 0 aliphatic heterocycles. The van der Waals surface area contributed by atoms with E-state index in [-0.39, 0.29) is 11.6 Å². The molecule has 3 heteroatoms. The van der Waals surface area contributed by atoms with Crippen molar-refractivity contribution in [3.05, 3.63) is 28.8 Å². The predicted molar refractivity (Wildman–Crippen MR) is 84.6 cm³/mol. The zero-order chi connectivity index (χ0) is 15.3. The van der Waals surface area contributed by atoms with E-state index in [0.717, 1.165) is 18.7 Å². The number of rotatable bonds is 7. The Balaban J connectivity index is 3.42. The Morgan fingerprint density at radius 3 is 2.30 bits per heavy atom. The van der Waals surface area contributed by atoms with Gasteiger partial charge < -0.3 is 14.8 Å². The van der Waals surface area contributed by atoms with Crippen molar-refractivity contribution in [2.24, 2.45) is 0 Å². The van der Waals surface area contributed by atoms with Gasteiger partial charge in [0.1, 0.15) is 5.75 Å². The van der Waals surface area contributed by atoms with E-state index < -0.39 is 0 Å². The Kier molecular flexibility index (Phi) is 6.03. The third-order valence-electron chi connectivity index (χ3n) is 4.19. The molecule has 0 radical (unpaired) electrons. The predicted octanol–water partition coefficient (Wildman–Crippen LogP) is 3.78. The highest BCUT2D eigenvalue weighted by Crippen LogP contribution is 2.38. The van der Waals surface area contributed by atoms with Gasteiger partial charge in [0.2, 0.25) is 0 Å². The number of hydrogen-bond donors (Lipinski definition) is 1. The molecule has 1 N–H and O–H groups in total. The first-order valence-corrected chi connectivity index (χ1v) is 7.37. The molecule has 3 nitrogen and oxygen atoms in total. The number of aryl methyl sites for hydroxylation is 2. The second-order valence-corrected chi connectivity index (χ2v) is 5.56. The first kappa shape index (κ1) is 17.0. The van der Waals surface area contributed by atoms with Gasteiger partial charge >= 0.3 is 0 Å². The van der Waals surface area contributed by atoms with Crippen molar-refractivity contribution in [3.63, 3.8) is 0 Å². The van der Waals surface area contributed by atoms with Crippen LogP contribution < -0.4 is 10.1 Å². The first-order chi connectivity index (χ1) is 9.43. The Bertz CT molecular complexity index is 439. The smallest absolute Gasteiger partial charge is 0.124 e. The zero-order valence-electron chi connectivity index (χ0n) is 14.0. The molecule has 2 unspecified atom stereocenters. The Labute approximate surface area is 123 Å². The van der Waals surface area contributed by atoms with E-state index in [2.05, 4.69) is 52.1 Å². The van der Waals surface area contributed by atoms with Gasteiger partial charge in [-0.3, -0.25) is 0 Å². The maximum absolute atomic E-state index is 5.82. The topological polar surface area (TPSA) is 30.5 Å². The standard InChI is InChI=1S/C17H29NO2/c1-8-17(5,20-7)16(18-9-2)15-13(4)10-12(3)11-14(15)19-6/h10-11,16,18H,8-9H2,1-7H3. The molecule has 0 amide bonds. The fraction of sp³-hybridized carbons (Fsp3) is 0.647. The number of benzene rings is 1. The van der Waals surface area contributed by atoms with Crippen molar-refractivity contribution in [1.29, 1.82) is 0 Å². The summed E-state index contributed by atoms with van der Waals surface area (Å²) in [7, 11) is 3.51. The van der Waals surface area contributed by atoms with Gasteiger partial charge in [-0.15, -0.1) is 0 Å². The molecule has 0 spiro atoms. The molecule has 0 saturated heterocycles. The van der Waals surface area contributed by atoms with Crippen molar-refractivity contribution < 1.29 is 9.47 Å². The summed E-state index contributed by atoms with van der Waals surface area (Å²) in [4.78, 5) is 0. The Morgan fingerprint density at radius 1 is 1.20 bits per heavy atom. The van der Waals surface area contributed by atoms with Crippen LogP contribution in [0.4, 0.5) is 0 Å². The normalized spacial score (nSPS) is 15.8. The lowest BCUT2D eigenvalue weighted by Gasteiger charge is -2.38. The summed E-state index contributed by atoms with van der Waals surface area (Å²) in [6, 6.07) is 4.41. The lowest BCUT2D eigenvalue weighted by Crippen LogP contribution is -2.43. The number of likely N-dealkylation sites (N-methyl/N-ethyl adjacent to an activating group) is 1. The van der Waals surface area contributed by atoms with Gasteiger partial charge in [0, 0.05) is 12.7 Å². The minimum Gasteiger partial charge on any atom is -0.496 e. The highest BCUT2D eigenvalue weighted by atomic mass is 16.5. The highest BCUT2D eigenvalue weighted by Gasteiger charge is 2.36. The highest BCUT2D eigenvalue weighted by molar-refractivity contribution is 5.46. The number of ether oxygens (including phenoxy) is 2. The van der Waals surface area contributed by atoms with Crippen LogP contribution in [0.15, 0.2) is 12.1 Å². The van der Waals surface area contributed by atoms with E-state index in [0.29, 0.717) is 0 Å². The molecule has 0 aliphatic rings. The average molecular weight is 279 g/mol. The summed E-state index contributed by atoms with van der Waals surface area (Å²) in [6.45, 7) is 11.6. The molecule has 1 rings (SSSR count). The third kappa shape index (κ3) is 3.33. The van der Waals surface area contributed by atoms with Crippen LogP contribution in [0.25, 0.3) is 0 Å². The lowest BCUT2D eigenvalue weighted by molar-refractivity contribution is -0.0302. The second kappa shape index (κ2) is 7.09. The van der Waals surface area contributed by atoms with E-state index in [9.17, 15) is 0 Å². The zero-order valence-corrected chi connectivity index (χ0v) is 14.0. The van der Waals surface area contributed by atoms with Gasteiger partial charge in [0.15, 0.2) is 0 Å². The van der Waals surface area contributed by atoms with Crippen LogP contribution in [0.1, 0.15) is 49.9 Å². The van der Waals surface area contributed by atoms with Crippen LogP contribution in [-0.2, 0) is 4.74 Å². The monoisotopic (exact) mass is 279 g/mol. The molecular formula is C17H29NO2. The van der Waals surface area contributed by atoms with Crippen LogP contribution in [-0.4, -0.2) is 26.4 Å². The summed E-state index contributed by atoms with van der Waals surface area (Å²) < 4.78 is 11.4. The molecular weight excluding hydrogens is 250 g/mol. The van der Waals surface area contributed by atoms with Crippen LogP contribution >= 0.6 is 0 Å². The summed E-state index contributed by atoms with van der Waals surface area (Å²) >= 11 is 0. The molecule has 0 aliphatic carbocycles. The minimum absolute atomic E-state index is 0.109. The van der Waals surface area contributed by atoms with Gasteiger partial charge in [0.25, 0.3) is 0 Å². The van der Waals surface area contributed by atoms with E-state index >= 15 is 0 Å². The molecule has 0 heterocycles. The third-order valence-corrected chi connectivity index (χ3v) is 4.19. The van der Waals surface area contributed by atoms with Gasteiger partial charge in [-0.2, -0.15) is 0 Å². The lowest BCUT2D eigenvalue weighted by atomic mass is 9.84. The van der Waals surface area contributed by atoms with E-state index in [1.807, 2.05) is 0 Å². The van der Waals surface area contributed by atoms with Crippen molar-refractivity contribution in [2.75, 3.05) is 20.8 Å². The van der Waals surface area contributed by atoms with Crippen LogP contribution in [0.2, 0.25) is 0 Å². The molecule has 0 bridgehead atoms. The molecule has 114 valence electrons. The fourth-order valence-electron chi connectivity index (χ4n) is 2.77. The molecule has 20 heavy (non-hydrogen) atoms. The first-order valence-electron chi connectivity index (χ1n) is 7.37. The van der Waals surface area contributed by atoms with Crippen LogP contribution in [0, 0.1) is 13.8 Å². The summed E-state index contributed by atoms with van der Waals surface area (Å²) in [5.41, 5.74) is 3.40. The largest absolute Gasteiger partial charge is 0.496 e. The molecule has 2 atom stereocenters. The summed E-state index contributed by atoms with van der Waals surface area (Å²) in [5, 5.41) is 3.57. The van der Waals surface area contributed by atoms with Crippen molar-refractivity contribution in [3.8, 4) is 5.75 Å². The minimum atomic E-state index is -0.261. The number of methoxy groups -OCH3 is 2. The van der Waals surface area contributed by atoms with E-state index in [1.165, 1.54) is 16.7 Å². The van der Waals surface area contributed by atoms with Gasteiger partial charge in [-0.1, -0.05) is 19.9 Å². The maximum atomic E-state index is 5.82. The number of nitrogens with one attached hydrogen (secondary N) is 1. The molecule has 1 aromatic rings. The molecule has 0 aromatic heterocycles. The molecule has 0 fully saturated rings. The van der Waals surface area contributed by atoms with Gasteiger partial charge in [-0.05, 0) is 50.9 Å². The average Bonchev–Trinajstić information content (AvgIpc) is 2.44. The van der Waals surface area contributed by atoms with Gasteiger partial charge in [0.05, 0.1) is 18.8 Å². The van der Waals surface area contributed by atoms with Crippen LogP contribution in [0.5, 0.6) is 5.75 Å². The second-order valence-electron chi connectivity index (χ2n) is 5.56. The summed E-state index contributed by atoms with van der Waals surface area (Å²) in [5.74, 6) is 0.935. The van der Waals surface area contributed by atoms with Crippen molar-refractivity contribution >= 4 is 0 Å². The quantitative estimate of drug-likeness (QED) is 0.824.